The number of carbonyl (C=O) groups is 1. The largest absolute Gasteiger partial charge is 0.424 e. The van der Waals surface area contributed by atoms with E-state index >= 15 is 0 Å². The minimum Gasteiger partial charge on any atom is -0.424 e. The van der Waals surface area contributed by atoms with E-state index in [0.29, 0.717) is 56.7 Å². The number of aryl methyl sites for hydroxylation is 1. The lowest BCUT2D eigenvalue weighted by molar-refractivity contribution is -0.132. The Morgan fingerprint density at radius 3 is 2.50 bits per heavy atom. The molecule has 0 spiro atoms. The normalized spacial score (nSPS) is 13.9. The van der Waals surface area contributed by atoms with Crippen LogP contribution in [0.3, 0.4) is 0 Å². The molecule has 1 fully saturated rings. The number of likely N-dealkylation sites (N-methyl/N-ethyl adjacent to an activating group) is 1. The van der Waals surface area contributed by atoms with E-state index in [9.17, 15) is 10.1 Å². The number of carbonyl (C=O) groups excluding carboxylic acids is 1. The lowest BCUT2D eigenvalue weighted by Crippen LogP contribution is -2.51. The number of nitrogens with zero attached hydrogens (tertiary/aromatic N) is 5. The molecule has 0 atom stereocenters. The van der Waals surface area contributed by atoms with Gasteiger partial charge >= 0.3 is 0 Å². The number of hydrogen-bond acceptors (Lipinski definition) is 6. The van der Waals surface area contributed by atoms with E-state index < -0.39 is 0 Å². The summed E-state index contributed by atoms with van der Waals surface area (Å²) in [4.78, 5) is 22.9. The first-order chi connectivity index (χ1) is 15.5. The van der Waals surface area contributed by atoms with Gasteiger partial charge in [0, 0.05) is 39.6 Å². The first-order valence-corrected chi connectivity index (χ1v) is 10.8. The molecule has 2 aromatic carbocycles. The van der Waals surface area contributed by atoms with Gasteiger partial charge in [-0.1, -0.05) is 54.6 Å². The standard InChI is InChI=1S/C25H27N5O2/c1-19-27-23(16-26)25(32-19)30-14-12-29(13-15-30)24(31)18-28(2)17-21-10-6-7-11-22(21)20-8-4-3-5-9-20/h3-11H,12-15,17-18H2,1-2H3. The number of anilines is 1. The first kappa shape index (κ1) is 21.6. The molecule has 1 aliphatic heterocycles. The number of rotatable bonds is 6. The third-order valence-electron chi connectivity index (χ3n) is 5.69. The molecular formula is C25H27N5O2. The second-order valence-corrected chi connectivity index (χ2v) is 8.06. The Kier molecular flexibility index (Phi) is 6.52. The van der Waals surface area contributed by atoms with Gasteiger partial charge < -0.3 is 14.2 Å². The van der Waals surface area contributed by atoms with E-state index in [4.69, 9.17) is 4.42 Å². The molecule has 1 aromatic heterocycles. The zero-order valence-corrected chi connectivity index (χ0v) is 18.5. The summed E-state index contributed by atoms with van der Waals surface area (Å²) in [5, 5.41) is 9.25. The highest BCUT2D eigenvalue weighted by Crippen LogP contribution is 2.25. The highest BCUT2D eigenvalue weighted by Gasteiger charge is 2.26. The van der Waals surface area contributed by atoms with E-state index in [2.05, 4.69) is 40.2 Å². The quantitative estimate of drug-likeness (QED) is 0.598. The van der Waals surface area contributed by atoms with Crippen molar-refractivity contribution in [2.45, 2.75) is 13.5 Å². The van der Waals surface area contributed by atoms with Crippen LogP contribution in [0, 0.1) is 18.3 Å². The van der Waals surface area contributed by atoms with E-state index in [1.165, 1.54) is 16.7 Å². The van der Waals surface area contributed by atoms with Crippen molar-refractivity contribution >= 4 is 11.8 Å². The highest BCUT2D eigenvalue weighted by molar-refractivity contribution is 5.78. The zero-order valence-electron chi connectivity index (χ0n) is 18.5. The number of benzene rings is 2. The Balaban J connectivity index is 1.34. The van der Waals surface area contributed by atoms with Crippen LogP contribution in [0.2, 0.25) is 0 Å². The van der Waals surface area contributed by atoms with Gasteiger partial charge in [0.05, 0.1) is 6.54 Å². The summed E-state index contributed by atoms with van der Waals surface area (Å²) in [6, 6.07) is 20.7. The number of aromatic nitrogens is 1. The molecule has 0 saturated carbocycles. The number of oxazole rings is 1. The molecule has 0 unspecified atom stereocenters. The number of nitriles is 1. The summed E-state index contributed by atoms with van der Waals surface area (Å²) in [7, 11) is 1.98. The fraction of sp³-hybridized carbons (Fsp3) is 0.320. The van der Waals surface area contributed by atoms with Crippen molar-refractivity contribution < 1.29 is 9.21 Å². The monoisotopic (exact) mass is 429 g/mol. The van der Waals surface area contributed by atoms with E-state index in [-0.39, 0.29) is 5.91 Å². The summed E-state index contributed by atoms with van der Waals surface area (Å²) in [6.07, 6.45) is 0. The average Bonchev–Trinajstić information content (AvgIpc) is 3.20. The number of piperazine rings is 1. The van der Waals surface area contributed by atoms with Crippen LogP contribution in [-0.2, 0) is 11.3 Å². The zero-order chi connectivity index (χ0) is 22.5. The molecule has 1 amide bonds. The van der Waals surface area contributed by atoms with Crippen LogP contribution >= 0.6 is 0 Å². The summed E-state index contributed by atoms with van der Waals surface area (Å²) in [6.45, 7) is 5.21. The molecule has 7 heteroatoms. The smallest absolute Gasteiger partial charge is 0.236 e. The summed E-state index contributed by atoms with van der Waals surface area (Å²) in [5.74, 6) is 1.10. The van der Waals surface area contributed by atoms with Crippen molar-refractivity contribution in [3.8, 4) is 17.2 Å². The second kappa shape index (κ2) is 9.67. The molecule has 0 bridgehead atoms. The van der Waals surface area contributed by atoms with Gasteiger partial charge in [0.25, 0.3) is 0 Å². The number of amides is 1. The molecular weight excluding hydrogens is 402 g/mol. The van der Waals surface area contributed by atoms with Gasteiger partial charge in [-0.15, -0.1) is 0 Å². The number of hydrogen-bond donors (Lipinski definition) is 0. The molecule has 1 aliphatic rings. The van der Waals surface area contributed by atoms with Crippen molar-refractivity contribution in [2.75, 3.05) is 44.7 Å². The molecule has 32 heavy (non-hydrogen) atoms. The Bertz CT molecular complexity index is 1110. The molecule has 0 aliphatic carbocycles. The predicted octanol–water partition coefficient (Wildman–Crippen LogP) is 3.30. The minimum absolute atomic E-state index is 0.110. The van der Waals surface area contributed by atoms with E-state index in [1.54, 1.807) is 6.92 Å². The van der Waals surface area contributed by atoms with Crippen LogP contribution in [0.15, 0.2) is 59.0 Å². The van der Waals surface area contributed by atoms with Crippen molar-refractivity contribution in [1.29, 1.82) is 5.26 Å². The Morgan fingerprint density at radius 2 is 1.78 bits per heavy atom. The van der Waals surface area contributed by atoms with Gasteiger partial charge in [-0.25, -0.2) is 4.98 Å². The lowest BCUT2D eigenvalue weighted by atomic mass is 9.99. The molecule has 1 saturated heterocycles. The van der Waals surface area contributed by atoms with Crippen LogP contribution in [0.5, 0.6) is 0 Å². The SMILES string of the molecule is Cc1nc(C#N)c(N2CCN(C(=O)CN(C)Cc3ccccc3-c3ccccc3)CC2)o1. The second-order valence-electron chi connectivity index (χ2n) is 8.06. The van der Waals surface area contributed by atoms with Crippen LogP contribution in [-0.4, -0.2) is 60.5 Å². The van der Waals surface area contributed by atoms with Crippen LogP contribution in [0.1, 0.15) is 17.1 Å². The molecule has 0 radical (unpaired) electrons. The van der Waals surface area contributed by atoms with Gasteiger partial charge in [-0.2, -0.15) is 5.26 Å². The van der Waals surface area contributed by atoms with Crippen molar-refractivity contribution in [3.05, 3.63) is 71.7 Å². The third kappa shape index (κ3) is 4.82. The summed E-state index contributed by atoms with van der Waals surface area (Å²) >= 11 is 0. The van der Waals surface area contributed by atoms with E-state index in [1.807, 2.05) is 47.2 Å². The minimum atomic E-state index is 0.110. The van der Waals surface area contributed by atoms with Crippen LogP contribution in [0.25, 0.3) is 11.1 Å². The maximum atomic E-state index is 12.9. The summed E-state index contributed by atoms with van der Waals surface area (Å²) < 4.78 is 5.60. The van der Waals surface area contributed by atoms with Gasteiger partial charge in [-0.05, 0) is 23.7 Å². The van der Waals surface area contributed by atoms with Gasteiger partial charge in [0.2, 0.25) is 17.5 Å². The molecule has 7 nitrogen and oxygen atoms in total. The first-order valence-electron chi connectivity index (χ1n) is 10.8. The Labute approximate surface area is 188 Å². The highest BCUT2D eigenvalue weighted by atomic mass is 16.4. The van der Waals surface area contributed by atoms with E-state index in [0.717, 1.165) is 0 Å². The lowest BCUT2D eigenvalue weighted by Gasteiger charge is -2.35. The van der Waals surface area contributed by atoms with Crippen molar-refractivity contribution in [3.63, 3.8) is 0 Å². The fourth-order valence-electron chi connectivity index (χ4n) is 4.10. The predicted molar refractivity (Wildman–Crippen MR) is 123 cm³/mol. The summed E-state index contributed by atoms with van der Waals surface area (Å²) in [5.41, 5.74) is 3.87. The average molecular weight is 430 g/mol. The Hall–Kier alpha value is -3.63. The maximum absolute atomic E-state index is 12.9. The molecule has 0 N–H and O–H groups in total. The van der Waals surface area contributed by atoms with Gasteiger partial charge in [0.1, 0.15) is 6.07 Å². The molecule has 164 valence electrons. The Morgan fingerprint density at radius 1 is 1.09 bits per heavy atom. The maximum Gasteiger partial charge on any atom is 0.236 e. The molecule has 2 heterocycles. The topological polar surface area (TPSA) is 76.6 Å². The fourth-order valence-corrected chi connectivity index (χ4v) is 4.10. The third-order valence-corrected chi connectivity index (χ3v) is 5.69. The van der Waals surface area contributed by atoms with Crippen LogP contribution in [0.4, 0.5) is 5.88 Å². The molecule has 3 aromatic rings. The van der Waals surface area contributed by atoms with Gasteiger partial charge in [-0.3, -0.25) is 9.69 Å². The molecule has 4 rings (SSSR count). The van der Waals surface area contributed by atoms with Gasteiger partial charge in [0.15, 0.2) is 5.89 Å². The van der Waals surface area contributed by atoms with Crippen molar-refractivity contribution in [1.82, 2.24) is 14.8 Å². The van der Waals surface area contributed by atoms with Crippen LogP contribution < -0.4 is 4.90 Å². The van der Waals surface area contributed by atoms with Crippen molar-refractivity contribution in [2.24, 2.45) is 0 Å².